The Hall–Kier alpha value is -2.86. The lowest BCUT2D eigenvalue weighted by atomic mass is 10.1. The van der Waals surface area contributed by atoms with E-state index >= 15 is 0 Å². The second-order valence-corrected chi connectivity index (χ2v) is 5.80. The highest BCUT2D eigenvalue weighted by molar-refractivity contribution is 6.06. The summed E-state index contributed by atoms with van der Waals surface area (Å²) in [5.41, 5.74) is 2.04. The Morgan fingerprint density at radius 1 is 1.24 bits per heavy atom. The van der Waals surface area contributed by atoms with E-state index in [1.807, 2.05) is 62.3 Å². The number of carbonyl (C=O) groups excluding carboxylic acids is 1. The molecule has 3 aromatic rings. The fraction of sp³-hybridized carbons (Fsp3) is 0.263. The van der Waals surface area contributed by atoms with Gasteiger partial charge in [-0.15, -0.1) is 0 Å². The number of nitrogens with one attached hydrogen (secondary N) is 1. The van der Waals surface area contributed by atoms with Gasteiger partial charge >= 0.3 is 0 Å². The van der Waals surface area contributed by atoms with Crippen molar-refractivity contribution < 1.29 is 13.9 Å². The molecular weight excluding hydrogens is 318 g/mol. The molecule has 130 valence electrons. The Balaban J connectivity index is 1.88. The summed E-state index contributed by atoms with van der Waals surface area (Å²) in [5.74, 6) is 0.774. The molecule has 0 saturated heterocycles. The van der Waals surface area contributed by atoms with E-state index in [2.05, 4.69) is 10.3 Å². The number of fused-ring (bicyclic) bond motifs is 1. The summed E-state index contributed by atoms with van der Waals surface area (Å²) in [4.78, 5) is 18.9. The van der Waals surface area contributed by atoms with E-state index in [-0.39, 0.29) is 11.7 Å². The van der Waals surface area contributed by atoms with Gasteiger partial charge in [0, 0.05) is 31.7 Å². The summed E-state index contributed by atoms with van der Waals surface area (Å²) >= 11 is 0. The molecule has 2 aromatic heterocycles. The third-order valence-electron chi connectivity index (χ3n) is 3.82. The third-order valence-corrected chi connectivity index (χ3v) is 3.82. The zero-order chi connectivity index (χ0) is 17.8. The van der Waals surface area contributed by atoms with Gasteiger partial charge in [-0.2, -0.15) is 0 Å². The van der Waals surface area contributed by atoms with Crippen molar-refractivity contribution in [3.8, 4) is 0 Å². The molecule has 0 spiro atoms. The molecule has 1 amide bonds. The monoisotopic (exact) mass is 339 g/mol. The molecule has 0 aliphatic rings. The molecule has 2 heterocycles. The maximum absolute atomic E-state index is 12.7. The van der Waals surface area contributed by atoms with Crippen molar-refractivity contribution in [3.05, 3.63) is 53.9 Å². The number of nitrogens with zero attached hydrogens (tertiary/aromatic N) is 2. The number of amides is 1. The third kappa shape index (κ3) is 3.64. The first-order chi connectivity index (χ1) is 12.1. The largest absolute Gasteiger partial charge is 0.451 e. The lowest BCUT2D eigenvalue weighted by Crippen LogP contribution is -2.14. The first kappa shape index (κ1) is 17.0. The molecule has 6 nitrogen and oxygen atoms in total. The summed E-state index contributed by atoms with van der Waals surface area (Å²) in [6, 6.07) is 11.2. The van der Waals surface area contributed by atoms with Gasteiger partial charge in [-0.05, 0) is 25.1 Å². The molecule has 25 heavy (non-hydrogen) atoms. The molecule has 0 aliphatic carbocycles. The molecule has 6 heteroatoms. The van der Waals surface area contributed by atoms with Crippen molar-refractivity contribution in [1.82, 2.24) is 4.98 Å². The van der Waals surface area contributed by atoms with E-state index in [0.29, 0.717) is 24.5 Å². The summed E-state index contributed by atoms with van der Waals surface area (Å²) in [7, 11) is 3.82. The van der Waals surface area contributed by atoms with Crippen LogP contribution in [0.5, 0.6) is 0 Å². The highest BCUT2D eigenvalue weighted by Crippen LogP contribution is 2.27. The Labute approximate surface area is 146 Å². The van der Waals surface area contributed by atoms with E-state index in [9.17, 15) is 4.79 Å². The number of rotatable bonds is 6. The summed E-state index contributed by atoms with van der Waals surface area (Å²) < 4.78 is 11.3. The SMILES string of the molecule is CCOCc1c(C(=O)Nc2ccc(N(C)C)nc2)oc2ccccc12. The highest BCUT2D eigenvalue weighted by Gasteiger charge is 2.20. The van der Waals surface area contributed by atoms with Crippen LogP contribution < -0.4 is 10.2 Å². The van der Waals surface area contributed by atoms with Crippen molar-refractivity contribution in [2.24, 2.45) is 0 Å². The second-order valence-electron chi connectivity index (χ2n) is 5.80. The number of aromatic nitrogens is 1. The molecule has 0 fully saturated rings. The Kier molecular flexibility index (Phi) is 5.00. The van der Waals surface area contributed by atoms with Crippen LogP contribution in [0.4, 0.5) is 11.5 Å². The number of para-hydroxylation sites is 1. The lowest BCUT2D eigenvalue weighted by Gasteiger charge is -2.11. The van der Waals surface area contributed by atoms with Gasteiger partial charge in [0.1, 0.15) is 11.4 Å². The van der Waals surface area contributed by atoms with Gasteiger partial charge in [0.25, 0.3) is 5.91 Å². The second kappa shape index (κ2) is 7.36. The average Bonchev–Trinajstić information content (AvgIpc) is 2.99. The van der Waals surface area contributed by atoms with Crippen LogP contribution in [0.3, 0.4) is 0 Å². The zero-order valence-corrected chi connectivity index (χ0v) is 14.6. The van der Waals surface area contributed by atoms with Crippen LogP contribution in [0, 0.1) is 0 Å². The van der Waals surface area contributed by atoms with Crippen molar-refractivity contribution in [2.75, 3.05) is 30.9 Å². The van der Waals surface area contributed by atoms with Crippen LogP contribution in [-0.2, 0) is 11.3 Å². The number of ether oxygens (including phenoxy) is 1. The molecule has 0 saturated carbocycles. The predicted molar refractivity (Wildman–Crippen MR) is 98.1 cm³/mol. The van der Waals surface area contributed by atoms with Gasteiger partial charge in [0.2, 0.25) is 0 Å². The van der Waals surface area contributed by atoms with Crippen LogP contribution in [0.25, 0.3) is 11.0 Å². The van der Waals surface area contributed by atoms with Gasteiger partial charge in [-0.1, -0.05) is 18.2 Å². The summed E-state index contributed by atoms with van der Waals surface area (Å²) in [6.45, 7) is 2.81. The Morgan fingerprint density at radius 2 is 2.04 bits per heavy atom. The van der Waals surface area contributed by atoms with Crippen LogP contribution in [0.15, 0.2) is 47.0 Å². The number of anilines is 2. The van der Waals surface area contributed by atoms with Crippen molar-refractivity contribution in [2.45, 2.75) is 13.5 Å². The molecule has 1 N–H and O–H groups in total. The fourth-order valence-electron chi connectivity index (χ4n) is 2.54. The quantitative estimate of drug-likeness (QED) is 0.742. The Bertz CT molecular complexity index is 869. The summed E-state index contributed by atoms with van der Waals surface area (Å²) in [6.07, 6.45) is 1.62. The van der Waals surface area contributed by atoms with Crippen LogP contribution in [-0.4, -0.2) is 31.6 Å². The van der Waals surface area contributed by atoms with Crippen LogP contribution in [0.1, 0.15) is 23.0 Å². The van der Waals surface area contributed by atoms with E-state index in [4.69, 9.17) is 9.15 Å². The first-order valence-electron chi connectivity index (χ1n) is 8.13. The fourth-order valence-corrected chi connectivity index (χ4v) is 2.54. The smallest absolute Gasteiger partial charge is 0.291 e. The number of furan rings is 1. The van der Waals surface area contributed by atoms with E-state index in [1.165, 1.54) is 0 Å². The molecule has 3 rings (SSSR count). The standard InChI is InChI=1S/C19H21N3O3/c1-4-24-12-15-14-7-5-6-8-16(14)25-18(15)19(23)21-13-9-10-17(20-11-13)22(2)3/h5-11H,4,12H2,1-3H3,(H,21,23). The van der Waals surface area contributed by atoms with Gasteiger partial charge in [0.05, 0.1) is 18.5 Å². The number of hydrogen-bond acceptors (Lipinski definition) is 5. The van der Waals surface area contributed by atoms with Gasteiger partial charge < -0.3 is 19.4 Å². The van der Waals surface area contributed by atoms with Crippen molar-refractivity contribution >= 4 is 28.4 Å². The van der Waals surface area contributed by atoms with E-state index < -0.39 is 0 Å². The van der Waals surface area contributed by atoms with Gasteiger partial charge in [-0.25, -0.2) is 4.98 Å². The summed E-state index contributed by atoms with van der Waals surface area (Å²) in [5, 5.41) is 3.72. The normalized spacial score (nSPS) is 10.8. The van der Waals surface area contributed by atoms with Gasteiger partial charge in [0.15, 0.2) is 5.76 Å². The number of carbonyl (C=O) groups is 1. The molecule has 0 unspecified atom stereocenters. The number of benzene rings is 1. The first-order valence-corrected chi connectivity index (χ1v) is 8.13. The Morgan fingerprint density at radius 3 is 2.72 bits per heavy atom. The predicted octanol–water partition coefficient (Wildman–Crippen LogP) is 3.68. The van der Waals surface area contributed by atoms with Crippen molar-refractivity contribution in [1.29, 1.82) is 0 Å². The topological polar surface area (TPSA) is 67.6 Å². The number of pyridine rings is 1. The van der Waals surface area contributed by atoms with E-state index in [0.717, 1.165) is 16.8 Å². The minimum Gasteiger partial charge on any atom is -0.451 e. The molecule has 0 radical (unpaired) electrons. The lowest BCUT2D eigenvalue weighted by molar-refractivity contribution is 0.0984. The maximum Gasteiger partial charge on any atom is 0.291 e. The minimum atomic E-state index is -0.315. The zero-order valence-electron chi connectivity index (χ0n) is 14.6. The molecule has 0 aliphatic heterocycles. The molecule has 0 bridgehead atoms. The van der Waals surface area contributed by atoms with Crippen molar-refractivity contribution in [3.63, 3.8) is 0 Å². The van der Waals surface area contributed by atoms with Crippen LogP contribution in [0.2, 0.25) is 0 Å². The molecular formula is C19H21N3O3. The van der Waals surface area contributed by atoms with Crippen LogP contribution >= 0.6 is 0 Å². The number of hydrogen-bond donors (Lipinski definition) is 1. The highest BCUT2D eigenvalue weighted by atomic mass is 16.5. The molecule has 1 aromatic carbocycles. The van der Waals surface area contributed by atoms with E-state index in [1.54, 1.807) is 6.20 Å². The maximum atomic E-state index is 12.7. The average molecular weight is 339 g/mol. The molecule has 0 atom stereocenters. The van der Waals surface area contributed by atoms with Gasteiger partial charge in [-0.3, -0.25) is 4.79 Å². The minimum absolute atomic E-state index is 0.270.